The molecule has 0 fully saturated rings. The van der Waals surface area contributed by atoms with Gasteiger partial charge in [0, 0.05) is 30.2 Å². The second kappa shape index (κ2) is 6.66. The van der Waals surface area contributed by atoms with E-state index in [1.807, 2.05) is 18.5 Å². The number of nitrogens with one attached hydrogen (secondary N) is 1. The molecule has 0 bridgehead atoms. The summed E-state index contributed by atoms with van der Waals surface area (Å²) in [7, 11) is 0. The van der Waals surface area contributed by atoms with Crippen molar-refractivity contribution in [2.24, 2.45) is 0 Å². The van der Waals surface area contributed by atoms with Crippen LogP contribution in [0.1, 0.15) is 42.8 Å². The van der Waals surface area contributed by atoms with Gasteiger partial charge in [-0.05, 0) is 44.9 Å². The smallest absolute Gasteiger partial charge is 0.0724 e. The van der Waals surface area contributed by atoms with Gasteiger partial charge in [-0.25, -0.2) is 4.68 Å². The van der Waals surface area contributed by atoms with Crippen molar-refractivity contribution in [3.63, 3.8) is 0 Å². The third-order valence-electron chi connectivity index (χ3n) is 3.64. The highest BCUT2D eigenvalue weighted by atomic mass is 15.3. The Balaban J connectivity index is 2.37. The van der Waals surface area contributed by atoms with Gasteiger partial charge in [0.25, 0.3) is 0 Å². The van der Waals surface area contributed by atoms with E-state index in [1.165, 1.54) is 16.8 Å². The van der Waals surface area contributed by atoms with Gasteiger partial charge in [-0.2, -0.15) is 5.10 Å². The van der Waals surface area contributed by atoms with Crippen LogP contribution < -0.4 is 5.32 Å². The number of pyridine rings is 1. The summed E-state index contributed by atoms with van der Waals surface area (Å²) in [4.78, 5) is 4.25. The average Bonchev–Trinajstić information content (AvgIpc) is 2.74. The summed E-state index contributed by atoms with van der Waals surface area (Å²) < 4.78 is 2.05. The predicted molar refractivity (Wildman–Crippen MR) is 82.2 cm³/mol. The first-order valence-corrected chi connectivity index (χ1v) is 7.38. The molecule has 2 aromatic rings. The lowest BCUT2D eigenvalue weighted by atomic mass is 10.1. The van der Waals surface area contributed by atoms with Gasteiger partial charge in [0.2, 0.25) is 0 Å². The Bertz CT molecular complexity index is 572. The largest absolute Gasteiger partial charge is 0.313 e. The van der Waals surface area contributed by atoms with Crippen molar-refractivity contribution in [2.75, 3.05) is 6.54 Å². The van der Waals surface area contributed by atoms with Crippen LogP contribution in [-0.4, -0.2) is 21.3 Å². The van der Waals surface area contributed by atoms with Crippen LogP contribution in [0.3, 0.4) is 0 Å². The third-order valence-corrected chi connectivity index (χ3v) is 3.64. The van der Waals surface area contributed by atoms with Crippen molar-refractivity contribution >= 4 is 0 Å². The van der Waals surface area contributed by atoms with Gasteiger partial charge in [0.15, 0.2) is 0 Å². The van der Waals surface area contributed by atoms with E-state index < -0.39 is 0 Å². The lowest BCUT2D eigenvalue weighted by Crippen LogP contribution is -2.16. The van der Waals surface area contributed by atoms with Crippen LogP contribution in [0.25, 0.3) is 5.69 Å². The number of hydrogen-bond acceptors (Lipinski definition) is 3. The normalized spacial score (nSPS) is 11.0. The monoisotopic (exact) mass is 272 g/mol. The average molecular weight is 272 g/mol. The zero-order chi connectivity index (χ0) is 14.5. The first-order chi connectivity index (χ1) is 9.69. The maximum atomic E-state index is 4.70. The van der Waals surface area contributed by atoms with Gasteiger partial charge in [-0.3, -0.25) is 4.98 Å². The lowest BCUT2D eigenvalue weighted by Gasteiger charge is -2.11. The Morgan fingerprint density at radius 3 is 2.70 bits per heavy atom. The molecule has 0 unspecified atom stereocenters. The summed E-state index contributed by atoms with van der Waals surface area (Å²) in [5.74, 6) is 0. The summed E-state index contributed by atoms with van der Waals surface area (Å²) in [6, 6.07) is 2.04. The molecule has 4 heteroatoms. The Labute approximate surface area is 121 Å². The zero-order valence-corrected chi connectivity index (χ0v) is 12.9. The van der Waals surface area contributed by atoms with Crippen molar-refractivity contribution in [2.45, 2.75) is 47.1 Å². The standard InChI is InChI=1S/C16H24N4/c1-5-8-17-10-14-11-18-9-7-16(14)20-13(4)15(6-2)12(3)19-20/h7,9,11,17H,5-6,8,10H2,1-4H3. The first-order valence-electron chi connectivity index (χ1n) is 7.38. The highest BCUT2D eigenvalue weighted by Gasteiger charge is 2.13. The fraction of sp³-hybridized carbons (Fsp3) is 0.500. The summed E-state index contributed by atoms with van der Waals surface area (Å²) >= 11 is 0. The van der Waals surface area contributed by atoms with E-state index in [2.05, 4.69) is 42.7 Å². The summed E-state index contributed by atoms with van der Waals surface area (Å²) in [5, 5.41) is 8.14. The molecule has 0 amide bonds. The van der Waals surface area contributed by atoms with Crippen LogP contribution in [0.15, 0.2) is 18.5 Å². The van der Waals surface area contributed by atoms with Gasteiger partial charge in [0.1, 0.15) is 0 Å². The minimum Gasteiger partial charge on any atom is -0.313 e. The summed E-state index contributed by atoms with van der Waals surface area (Å²) in [6.45, 7) is 10.4. The zero-order valence-electron chi connectivity index (χ0n) is 12.9. The van der Waals surface area contributed by atoms with Gasteiger partial charge < -0.3 is 5.32 Å². The molecular weight excluding hydrogens is 248 g/mol. The van der Waals surface area contributed by atoms with E-state index in [1.54, 1.807) is 0 Å². The fourth-order valence-corrected chi connectivity index (χ4v) is 2.58. The maximum absolute atomic E-state index is 4.70. The van der Waals surface area contributed by atoms with Crippen molar-refractivity contribution in [3.05, 3.63) is 41.0 Å². The van der Waals surface area contributed by atoms with Gasteiger partial charge >= 0.3 is 0 Å². The van der Waals surface area contributed by atoms with Crippen LogP contribution in [-0.2, 0) is 13.0 Å². The molecule has 108 valence electrons. The van der Waals surface area contributed by atoms with Gasteiger partial charge in [0.05, 0.1) is 11.4 Å². The van der Waals surface area contributed by atoms with Crippen LogP contribution in [0.5, 0.6) is 0 Å². The molecule has 20 heavy (non-hydrogen) atoms. The first kappa shape index (κ1) is 14.7. The summed E-state index contributed by atoms with van der Waals surface area (Å²) in [5.41, 5.74) is 6.01. The molecule has 0 saturated heterocycles. The number of aryl methyl sites for hydroxylation is 1. The minimum absolute atomic E-state index is 0.830. The van der Waals surface area contributed by atoms with Crippen molar-refractivity contribution in [1.29, 1.82) is 0 Å². The second-order valence-corrected chi connectivity index (χ2v) is 5.10. The molecular formula is C16H24N4. The molecule has 2 heterocycles. The third kappa shape index (κ3) is 2.90. The van der Waals surface area contributed by atoms with E-state index in [-0.39, 0.29) is 0 Å². The maximum Gasteiger partial charge on any atom is 0.0724 e. The van der Waals surface area contributed by atoms with E-state index in [0.29, 0.717) is 0 Å². The fourth-order valence-electron chi connectivity index (χ4n) is 2.58. The topological polar surface area (TPSA) is 42.7 Å². The number of hydrogen-bond donors (Lipinski definition) is 1. The minimum atomic E-state index is 0.830. The van der Waals surface area contributed by atoms with Gasteiger partial charge in [-0.1, -0.05) is 13.8 Å². The molecule has 0 aliphatic carbocycles. The van der Waals surface area contributed by atoms with Crippen LogP contribution in [0, 0.1) is 13.8 Å². The molecule has 0 saturated carbocycles. The van der Waals surface area contributed by atoms with Crippen molar-refractivity contribution in [3.8, 4) is 5.69 Å². The molecule has 0 spiro atoms. The molecule has 0 aliphatic rings. The SMILES string of the molecule is CCCNCc1cnccc1-n1nc(C)c(CC)c1C. The molecule has 0 aromatic carbocycles. The Kier molecular flexibility index (Phi) is 4.90. The van der Waals surface area contributed by atoms with Crippen LogP contribution >= 0.6 is 0 Å². The quantitative estimate of drug-likeness (QED) is 0.822. The molecule has 0 aliphatic heterocycles. The summed E-state index contributed by atoms with van der Waals surface area (Å²) in [6.07, 6.45) is 5.92. The highest BCUT2D eigenvalue weighted by molar-refractivity contribution is 5.42. The Morgan fingerprint density at radius 2 is 2.05 bits per heavy atom. The molecule has 0 atom stereocenters. The van der Waals surface area contributed by atoms with E-state index in [0.717, 1.165) is 37.3 Å². The van der Waals surface area contributed by atoms with Crippen LogP contribution in [0.4, 0.5) is 0 Å². The Hall–Kier alpha value is -1.68. The number of rotatable bonds is 6. The van der Waals surface area contributed by atoms with E-state index >= 15 is 0 Å². The molecule has 0 radical (unpaired) electrons. The van der Waals surface area contributed by atoms with E-state index in [4.69, 9.17) is 5.10 Å². The Morgan fingerprint density at radius 1 is 1.25 bits per heavy atom. The second-order valence-electron chi connectivity index (χ2n) is 5.10. The van der Waals surface area contributed by atoms with E-state index in [9.17, 15) is 0 Å². The highest BCUT2D eigenvalue weighted by Crippen LogP contribution is 2.20. The van der Waals surface area contributed by atoms with Crippen molar-refractivity contribution < 1.29 is 0 Å². The predicted octanol–water partition coefficient (Wildman–Crippen LogP) is 2.95. The molecule has 1 N–H and O–H groups in total. The van der Waals surface area contributed by atoms with Gasteiger partial charge in [-0.15, -0.1) is 0 Å². The lowest BCUT2D eigenvalue weighted by molar-refractivity contribution is 0.667. The van der Waals surface area contributed by atoms with Crippen LogP contribution in [0.2, 0.25) is 0 Å². The molecule has 2 rings (SSSR count). The number of aromatic nitrogens is 3. The number of nitrogens with zero attached hydrogens (tertiary/aromatic N) is 3. The van der Waals surface area contributed by atoms with Crippen molar-refractivity contribution in [1.82, 2.24) is 20.1 Å². The molecule has 4 nitrogen and oxygen atoms in total. The molecule has 2 aromatic heterocycles.